The number of nitrogens with zero attached hydrogens (tertiary/aromatic N) is 3. The lowest BCUT2D eigenvalue weighted by Crippen LogP contribution is -2.09. The number of aromatic nitrogens is 3. The second-order valence-electron chi connectivity index (χ2n) is 5.16. The van der Waals surface area contributed by atoms with Gasteiger partial charge in [0.25, 0.3) is 5.89 Å². The minimum absolute atomic E-state index is 0.116. The van der Waals surface area contributed by atoms with Crippen LogP contribution in [0.3, 0.4) is 0 Å². The normalized spacial score (nSPS) is 10.5. The summed E-state index contributed by atoms with van der Waals surface area (Å²) in [6.07, 6.45) is 1.76. The molecular formula is C17H17N3O5. The summed E-state index contributed by atoms with van der Waals surface area (Å²) in [5.41, 5.74) is 1.09. The third-order valence-corrected chi connectivity index (χ3v) is 3.60. The zero-order chi connectivity index (χ0) is 17.8. The third-order valence-electron chi connectivity index (χ3n) is 3.60. The summed E-state index contributed by atoms with van der Waals surface area (Å²) in [5.74, 6) is 1.27. The summed E-state index contributed by atoms with van der Waals surface area (Å²) in [6.45, 7) is -0.116. The Kier molecular flexibility index (Phi) is 4.69. The molecule has 0 bridgehead atoms. The molecule has 0 N–H and O–H groups in total. The van der Waals surface area contributed by atoms with E-state index >= 15 is 0 Å². The molecule has 0 fully saturated rings. The molecule has 0 radical (unpaired) electrons. The summed E-state index contributed by atoms with van der Waals surface area (Å²) in [5, 5.41) is 3.91. The van der Waals surface area contributed by atoms with Crippen LogP contribution in [0.5, 0.6) is 11.5 Å². The Morgan fingerprint density at radius 3 is 2.76 bits per heavy atom. The molecular weight excluding hydrogens is 326 g/mol. The van der Waals surface area contributed by atoms with Crippen molar-refractivity contribution in [3.63, 3.8) is 0 Å². The second kappa shape index (κ2) is 7.08. The van der Waals surface area contributed by atoms with E-state index in [1.165, 1.54) is 0 Å². The molecule has 25 heavy (non-hydrogen) atoms. The largest absolute Gasteiger partial charge is 0.497 e. The van der Waals surface area contributed by atoms with Gasteiger partial charge in [-0.2, -0.15) is 4.98 Å². The maximum atomic E-state index is 12.0. The van der Waals surface area contributed by atoms with Crippen LogP contribution in [-0.2, 0) is 18.4 Å². The first-order valence-electron chi connectivity index (χ1n) is 7.46. The van der Waals surface area contributed by atoms with Crippen molar-refractivity contribution in [2.45, 2.75) is 6.61 Å². The van der Waals surface area contributed by atoms with Gasteiger partial charge in [-0.25, -0.2) is 4.79 Å². The highest BCUT2D eigenvalue weighted by atomic mass is 16.6. The van der Waals surface area contributed by atoms with Crippen LogP contribution in [0.1, 0.15) is 16.4 Å². The van der Waals surface area contributed by atoms with Gasteiger partial charge in [0.2, 0.25) is 5.82 Å². The first-order chi connectivity index (χ1) is 12.1. The highest BCUT2D eigenvalue weighted by molar-refractivity contribution is 5.87. The lowest BCUT2D eigenvalue weighted by Gasteiger charge is -2.07. The predicted octanol–water partition coefficient (Wildman–Crippen LogP) is 2.45. The fraction of sp³-hybridized carbons (Fsp3) is 0.235. The van der Waals surface area contributed by atoms with Gasteiger partial charge < -0.3 is 23.3 Å². The topological polar surface area (TPSA) is 88.6 Å². The lowest BCUT2D eigenvalue weighted by molar-refractivity contribution is 0.0418. The third kappa shape index (κ3) is 3.47. The van der Waals surface area contributed by atoms with Crippen LogP contribution < -0.4 is 9.47 Å². The summed E-state index contributed by atoms with van der Waals surface area (Å²) in [7, 11) is 4.88. The Labute approximate surface area is 143 Å². The van der Waals surface area contributed by atoms with Gasteiger partial charge in [-0.1, -0.05) is 5.16 Å². The number of aryl methyl sites for hydroxylation is 1. The Hall–Kier alpha value is -3.29. The maximum absolute atomic E-state index is 12.0. The van der Waals surface area contributed by atoms with E-state index in [1.807, 2.05) is 0 Å². The number of carbonyl (C=O) groups excluding carboxylic acids is 1. The van der Waals surface area contributed by atoms with Gasteiger partial charge in [0, 0.05) is 19.3 Å². The molecule has 3 rings (SSSR count). The van der Waals surface area contributed by atoms with Gasteiger partial charge in [-0.3, -0.25) is 0 Å². The van der Waals surface area contributed by atoms with Crippen LogP contribution in [0.15, 0.2) is 41.1 Å². The van der Waals surface area contributed by atoms with Crippen molar-refractivity contribution < 1.29 is 23.5 Å². The molecule has 0 spiro atoms. The maximum Gasteiger partial charge on any atom is 0.355 e. The van der Waals surface area contributed by atoms with Gasteiger partial charge in [0.05, 0.1) is 19.8 Å². The second-order valence-corrected chi connectivity index (χ2v) is 5.16. The number of esters is 1. The highest BCUT2D eigenvalue weighted by Gasteiger charge is 2.16. The van der Waals surface area contributed by atoms with Gasteiger partial charge in [0.1, 0.15) is 17.2 Å². The minimum Gasteiger partial charge on any atom is -0.497 e. The van der Waals surface area contributed by atoms with Crippen LogP contribution in [0.2, 0.25) is 0 Å². The summed E-state index contributed by atoms with van der Waals surface area (Å²) in [4.78, 5) is 16.2. The fourth-order valence-electron chi connectivity index (χ4n) is 2.28. The zero-order valence-electron chi connectivity index (χ0n) is 14.1. The molecule has 0 amide bonds. The number of benzene rings is 1. The number of ether oxygens (including phenoxy) is 3. The molecule has 2 aromatic heterocycles. The van der Waals surface area contributed by atoms with Gasteiger partial charge in [0.15, 0.2) is 6.61 Å². The van der Waals surface area contributed by atoms with Crippen LogP contribution in [0.4, 0.5) is 0 Å². The monoisotopic (exact) mass is 343 g/mol. The quantitative estimate of drug-likeness (QED) is 0.635. The van der Waals surface area contributed by atoms with Gasteiger partial charge in [-0.15, -0.1) is 0 Å². The van der Waals surface area contributed by atoms with Crippen molar-refractivity contribution in [3.8, 4) is 22.9 Å². The zero-order valence-corrected chi connectivity index (χ0v) is 14.1. The Balaban J connectivity index is 1.72. The molecule has 3 aromatic rings. The van der Waals surface area contributed by atoms with Crippen molar-refractivity contribution in [1.29, 1.82) is 0 Å². The van der Waals surface area contributed by atoms with E-state index in [9.17, 15) is 4.79 Å². The van der Waals surface area contributed by atoms with Crippen LogP contribution in [-0.4, -0.2) is 34.9 Å². The average molecular weight is 343 g/mol. The molecule has 0 aliphatic rings. The Morgan fingerprint density at radius 1 is 1.24 bits per heavy atom. The standard InChI is InChI=1S/C17H17N3O5/c1-20-8-4-5-13(20)17(21)24-10-15-18-16(19-25-15)12-7-6-11(22-2)9-14(12)23-3/h4-9H,10H2,1-3H3. The van der Waals surface area contributed by atoms with E-state index in [0.29, 0.717) is 28.6 Å². The molecule has 0 saturated carbocycles. The minimum atomic E-state index is -0.464. The van der Waals surface area contributed by atoms with Crippen LogP contribution >= 0.6 is 0 Å². The number of hydrogen-bond donors (Lipinski definition) is 0. The molecule has 0 aliphatic heterocycles. The lowest BCUT2D eigenvalue weighted by atomic mass is 10.2. The van der Waals surface area contributed by atoms with Crippen molar-refractivity contribution in [2.75, 3.05) is 14.2 Å². The number of methoxy groups -OCH3 is 2. The van der Waals surface area contributed by atoms with E-state index in [4.69, 9.17) is 18.7 Å². The van der Waals surface area contributed by atoms with Crippen molar-refractivity contribution in [3.05, 3.63) is 48.1 Å². The van der Waals surface area contributed by atoms with Gasteiger partial charge >= 0.3 is 5.97 Å². The molecule has 8 nitrogen and oxygen atoms in total. The first kappa shape index (κ1) is 16.6. The molecule has 0 aliphatic carbocycles. The average Bonchev–Trinajstić information content (AvgIpc) is 3.28. The van der Waals surface area contributed by atoms with E-state index in [1.54, 1.807) is 62.4 Å². The van der Waals surface area contributed by atoms with Crippen molar-refractivity contribution >= 4 is 5.97 Å². The summed E-state index contributed by atoms with van der Waals surface area (Å²) in [6, 6.07) is 8.69. The SMILES string of the molecule is COc1ccc(-c2noc(COC(=O)c3cccn3C)n2)c(OC)c1. The van der Waals surface area contributed by atoms with E-state index < -0.39 is 5.97 Å². The Morgan fingerprint density at radius 2 is 2.08 bits per heavy atom. The van der Waals surface area contributed by atoms with Crippen molar-refractivity contribution in [1.82, 2.24) is 14.7 Å². The molecule has 2 heterocycles. The molecule has 0 atom stereocenters. The molecule has 130 valence electrons. The van der Waals surface area contributed by atoms with E-state index in [2.05, 4.69) is 10.1 Å². The summed E-state index contributed by atoms with van der Waals surface area (Å²) >= 11 is 0. The molecule has 0 saturated heterocycles. The summed E-state index contributed by atoms with van der Waals surface area (Å²) < 4.78 is 22.5. The number of rotatable bonds is 6. The number of hydrogen-bond acceptors (Lipinski definition) is 7. The Bertz CT molecular complexity index is 884. The number of carbonyl (C=O) groups is 1. The van der Waals surface area contributed by atoms with Crippen LogP contribution in [0, 0.1) is 0 Å². The first-order valence-corrected chi connectivity index (χ1v) is 7.46. The van der Waals surface area contributed by atoms with Crippen molar-refractivity contribution in [2.24, 2.45) is 7.05 Å². The predicted molar refractivity (Wildman–Crippen MR) is 87.4 cm³/mol. The molecule has 1 aromatic carbocycles. The van der Waals surface area contributed by atoms with E-state index in [-0.39, 0.29) is 12.5 Å². The smallest absolute Gasteiger partial charge is 0.355 e. The molecule has 0 unspecified atom stereocenters. The van der Waals surface area contributed by atoms with E-state index in [0.717, 1.165) is 0 Å². The highest BCUT2D eigenvalue weighted by Crippen LogP contribution is 2.31. The van der Waals surface area contributed by atoms with Gasteiger partial charge in [-0.05, 0) is 24.3 Å². The van der Waals surface area contributed by atoms with Crippen LogP contribution in [0.25, 0.3) is 11.4 Å². The molecule has 8 heteroatoms. The fourth-order valence-corrected chi connectivity index (χ4v) is 2.28.